The van der Waals surface area contributed by atoms with E-state index < -0.39 is 0 Å². The second kappa shape index (κ2) is 6.76. The highest BCUT2D eigenvalue weighted by molar-refractivity contribution is 5.28. The van der Waals surface area contributed by atoms with Crippen LogP contribution in [0.2, 0.25) is 0 Å². The summed E-state index contributed by atoms with van der Waals surface area (Å²) in [5.74, 6) is 1.60. The van der Waals surface area contributed by atoms with Crippen LogP contribution in [0.15, 0.2) is 34.9 Å². The molecule has 0 bridgehead atoms. The number of nitrogens with zero attached hydrogens (tertiary/aromatic N) is 1. The molecule has 0 aliphatic heterocycles. The van der Waals surface area contributed by atoms with Gasteiger partial charge < -0.3 is 14.6 Å². The van der Waals surface area contributed by atoms with E-state index in [4.69, 9.17) is 9.26 Å². The molecule has 2 rings (SSSR count). The number of nitrogens with one attached hydrogen (secondary N) is 1. The van der Waals surface area contributed by atoms with Gasteiger partial charge in [-0.2, -0.15) is 0 Å². The topological polar surface area (TPSA) is 47.3 Å². The smallest absolute Gasteiger partial charge is 0.174 e. The zero-order valence-corrected chi connectivity index (χ0v) is 13.3. The molecule has 0 saturated carbocycles. The van der Waals surface area contributed by atoms with Crippen molar-refractivity contribution >= 4 is 0 Å². The van der Waals surface area contributed by atoms with E-state index in [1.807, 2.05) is 18.2 Å². The quantitative estimate of drug-likeness (QED) is 0.880. The Morgan fingerprint density at radius 3 is 2.76 bits per heavy atom. The largest absolute Gasteiger partial charge is 0.486 e. The molecule has 0 spiro atoms. The fourth-order valence-corrected chi connectivity index (χ4v) is 1.87. The molecular weight excluding hydrogens is 264 g/mol. The molecule has 114 valence electrons. The Bertz CT molecular complexity index is 570. The molecule has 21 heavy (non-hydrogen) atoms. The van der Waals surface area contributed by atoms with E-state index in [2.05, 4.69) is 50.3 Å². The lowest BCUT2D eigenvalue weighted by molar-refractivity contribution is 0.248. The van der Waals surface area contributed by atoms with Crippen LogP contribution in [0.5, 0.6) is 5.75 Å². The molecule has 1 aromatic carbocycles. The molecule has 0 aliphatic carbocycles. The van der Waals surface area contributed by atoms with E-state index in [1.165, 1.54) is 5.56 Å². The van der Waals surface area contributed by atoms with E-state index >= 15 is 0 Å². The first-order valence-electron chi connectivity index (χ1n) is 7.37. The van der Waals surface area contributed by atoms with Crippen molar-refractivity contribution in [3.8, 4) is 5.75 Å². The molecule has 1 heterocycles. The summed E-state index contributed by atoms with van der Waals surface area (Å²) in [6.07, 6.45) is 1.00. The normalized spacial score (nSPS) is 11.6. The molecule has 0 atom stereocenters. The maximum Gasteiger partial charge on any atom is 0.174 e. The maximum atomic E-state index is 5.74. The van der Waals surface area contributed by atoms with Crippen molar-refractivity contribution < 1.29 is 9.26 Å². The van der Waals surface area contributed by atoms with Gasteiger partial charge in [0.15, 0.2) is 5.76 Å². The molecule has 0 radical (unpaired) electrons. The Labute approximate surface area is 126 Å². The van der Waals surface area contributed by atoms with E-state index in [0.717, 1.165) is 23.6 Å². The lowest BCUT2D eigenvalue weighted by atomic mass is 10.1. The summed E-state index contributed by atoms with van der Waals surface area (Å²) in [4.78, 5) is 0. The maximum absolute atomic E-state index is 5.74. The summed E-state index contributed by atoms with van der Waals surface area (Å²) in [6, 6.07) is 10.0. The van der Waals surface area contributed by atoms with Crippen LogP contribution in [0, 0.1) is 0 Å². The Kier molecular flexibility index (Phi) is 5.02. The van der Waals surface area contributed by atoms with Gasteiger partial charge in [-0.15, -0.1) is 0 Å². The van der Waals surface area contributed by atoms with Crippen molar-refractivity contribution in [2.24, 2.45) is 0 Å². The van der Waals surface area contributed by atoms with Gasteiger partial charge in [-0.05, 0) is 44.9 Å². The van der Waals surface area contributed by atoms with Crippen molar-refractivity contribution in [2.75, 3.05) is 0 Å². The number of rotatable bonds is 6. The lowest BCUT2D eigenvalue weighted by Gasteiger charge is -2.19. The average Bonchev–Trinajstić information content (AvgIpc) is 2.90. The van der Waals surface area contributed by atoms with Gasteiger partial charge in [-0.25, -0.2) is 0 Å². The Morgan fingerprint density at radius 1 is 1.24 bits per heavy atom. The summed E-state index contributed by atoms with van der Waals surface area (Å²) in [6.45, 7) is 9.59. The highest BCUT2D eigenvalue weighted by Crippen LogP contribution is 2.16. The Hall–Kier alpha value is -1.81. The molecule has 0 fully saturated rings. The van der Waals surface area contributed by atoms with Crippen molar-refractivity contribution in [2.45, 2.75) is 52.8 Å². The van der Waals surface area contributed by atoms with E-state index in [-0.39, 0.29) is 5.54 Å². The second-order valence-electron chi connectivity index (χ2n) is 6.18. The highest BCUT2D eigenvalue weighted by atomic mass is 16.5. The summed E-state index contributed by atoms with van der Waals surface area (Å²) < 4.78 is 11.0. The predicted octanol–water partition coefficient (Wildman–Crippen LogP) is 3.70. The van der Waals surface area contributed by atoms with Crippen molar-refractivity contribution in [1.29, 1.82) is 0 Å². The zero-order valence-electron chi connectivity index (χ0n) is 13.3. The molecule has 0 amide bonds. The van der Waals surface area contributed by atoms with E-state index in [9.17, 15) is 0 Å². The third-order valence-corrected chi connectivity index (χ3v) is 3.10. The Morgan fingerprint density at radius 2 is 2.05 bits per heavy atom. The van der Waals surface area contributed by atoms with Crippen molar-refractivity contribution in [3.05, 3.63) is 47.3 Å². The number of hydrogen-bond donors (Lipinski definition) is 1. The van der Waals surface area contributed by atoms with Crippen LogP contribution in [-0.2, 0) is 19.6 Å². The van der Waals surface area contributed by atoms with Gasteiger partial charge in [0.2, 0.25) is 0 Å². The second-order valence-corrected chi connectivity index (χ2v) is 6.18. The van der Waals surface area contributed by atoms with Crippen LogP contribution >= 0.6 is 0 Å². The first-order chi connectivity index (χ1) is 9.96. The number of benzene rings is 1. The van der Waals surface area contributed by atoms with Gasteiger partial charge in [0, 0.05) is 18.2 Å². The molecule has 1 N–H and O–H groups in total. The summed E-state index contributed by atoms with van der Waals surface area (Å²) in [5, 5.41) is 7.42. The first-order valence-corrected chi connectivity index (χ1v) is 7.37. The minimum atomic E-state index is 0.0657. The number of hydrogen-bond acceptors (Lipinski definition) is 4. The third-order valence-electron chi connectivity index (χ3n) is 3.10. The van der Waals surface area contributed by atoms with Crippen LogP contribution in [-0.4, -0.2) is 10.7 Å². The molecule has 2 aromatic rings. The molecule has 0 aliphatic rings. The van der Waals surface area contributed by atoms with Crippen molar-refractivity contribution in [1.82, 2.24) is 10.5 Å². The molecule has 4 nitrogen and oxygen atoms in total. The predicted molar refractivity (Wildman–Crippen MR) is 83.2 cm³/mol. The van der Waals surface area contributed by atoms with Crippen LogP contribution in [0.25, 0.3) is 0 Å². The lowest BCUT2D eigenvalue weighted by Crippen LogP contribution is -2.35. The van der Waals surface area contributed by atoms with Crippen LogP contribution in [0.1, 0.15) is 44.7 Å². The van der Waals surface area contributed by atoms with Crippen LogP contribution in [0.4, 0.5) is 0 Å². The molecule has 0 saturated heterocycles. The number of aromatic nitrogens is 1. The van der Waals surface area contributed by atoms with Gasteiger partial charge in [-0.1, -0.05) is 24.2 Å². The van der Waals surface area contributed by atoms with Gasteiger partial charge in [0.25, 0.3) is 0 Å². The first kappa shape index (κ1) is 15.6. The van der Waals surface area contributed by atoms with Crippen LogP contribution in [0.3, 0.4) is 0 Å². The fraction of sp³-hybridized carbons (Fsp3) is 0.471. The van der Waals surface area contributed by atoms with E-state index in [0.29, 0.717) is 13.2 Å². The summed E-state index contributed by atoms with van der Waals surface area (Å²) >= 11 is 0. The van der Waals surface area contributed by atoms with Gasteiger partial charge in [-0.3, -0.25) is 0 Å². The SMILES string of the molecule is CCc1cccc(OCc2cc(CNC(C)(C)C)no2)c1. The summed E-state index contributed by atoms with van der Waals surface area (Å²) in [7, 11) is 0. The van der Waals surface area contributed by atoms with Crippen LogP contribution < -0.4 is 10.1 Å². The monoisotopic (exact) mass is 288 g/mol. The fourth-order valence-electron chi connectivity index (χ4n) is 1.87. The van der Waals surface area contributed by atoms with Gasteiger partial charge in [0.1, 0.15) is 12.4 Å². The zero-order chi connectivity index (χ0) is 15.3. The van der Waals surface area contributed by atoms with Crippen molar-refractivity contribution in [3.63, 3.8) is 0 Å². The molecule has 1 aromatic heterocycles. The minimum Gasteiger partial charge on any atom is -0.486 e. The Balaban J connectivity index is 1.87. The molecule has 4 heteroatoms. The standard InChI is InChI=1S/C17H24N2O2/c1-5-13-7-6-8-15(9-13)20-12-16-10-14(19-21-16)11-18-17(2,3)4/h6-10,18H,5,11-12H2,1-4H3. The van der Waals surface area contributed by atoms with Gasteiger partial charge in [0.05, 0.1) is 5.69 Å². The minimum absolute atomic E-state index is 0.0657. The highest BCUT2D eigenvalue weighted by Gasteiger charge is 2.11. The van der Waals surface area contributed by atoms with E-state index in [1.54, 1.807) is 0 Å². The number of ether oxygens (including phenoxy) is 1. The third kappa shape index (κ3) is 5.23. The number of aryl methyl sites for hydroxylation is 1. The summed E-state index contributed by atoms with van der Waals surface area (Å²) in [5.41, 5.74) is 2.22. The molecular formula is C17H24N2O2. The van der Waals surface area contributed by atoms with Gasteiger partial charge >= 0.3 is 0 Å². The average molecular weight is 288 g/mol. The molecule has 0 unspecified atom stereocenters.